The first kappa shape index (κ1) is 16.5. The summed E-state index contributed by atoms with van der Waals surface area (Å²) >= 11 is 0. The van der Waals surface area contributed by atoms with Crippen molar-refractivity contribution in [1.29, 1.82) is 0 Å². The number of likely N-dealkylation sites (N-methyl/N-ethyl adjacent to an activating group) is 1. The van der Waals surface area contributed by atoms with Gasteiger partial charge in [-0.1, -0.05) is 6.92 Å². The van der Waals surface area contributed by atoms with Crippen molar-refractivity contribution in [3.05, 3.63) is 0 Å². The van der Waals surface area contributed by atoms with E-state index in [1.807, 2.05) is 20.8 Å². The summed E-state index contributed by atoms with van der Waals surface area (Å²) in [6, 6.07) is 0.359. The number of amides is 1. The van der Waals surface area contributed by atoms with Crippen LogP contribution in [-0.2, 0) is 9.47 Å². The van der Waals surface area contributed by atoms with Crippen LogP contribution in [0.15, 0.2) is 0 Å². The van der Waals surface area contributed by atoms with Gasteiger partial charge in [0.15, 0.2) is 0 Å². The van der Waals surface area contributed by atoms with Gasteiger partial charge in [-0.2, -0.15) is 0 Å². The van der Waals surface area contributed by atoms with Gasteiger partial charge in [0.1, 0.15) is 5.60 Å². The van der Waals surface area contributed by atoms with E-state index in [2.05, 4.69) is 17.1 Å². The zero-order chi connectivity index (χ0) is 15.5. The largest absolute Gasteiger partial charge is 0.444 e. The van der Waals surface area contributed by atoms with Gasteiger partial charge in [-0.25, -0.2) is 4.79 Å². The maximum atomic E-state index is 11.8. The number of carbonyl (C=O) groups is 1. The fourth-order valence-corrected chi connectivity index (χ4v) is 2.57. The third-order valence-electron chi connectivity index (χ3n) is 3.84. The molecule has 1 unspecified atom stereocenters. The van der Waals surface area contributed by atoms with Crippen LogP contribution >= 0.6 is 0 Å². The second-order valence-corrected chi connectivity index (χ2v) is 6.88. The van der Waals surface area contributed by atoms with Crippen LogP contribution < -0.4 is 5.32 Å². The number of ether oxygens (including phenoxy) is 2. The number of hydrogen-bond donors (Lipinski definition) is 1. The fourth-order valence-electron chi connectivity index (χ4n) is 2.57. The number of rotatable bonds is 4. The molecular weight excluding hydrogens is 270 g/mol. The summed E-state index contributed by atoms with van der Waals surface area (Å²) in [7, 11) is 0. The molecule has 0 aromatic carbocycles. The monoisotopic (exact) mass is 299 g/mol. The normalized spacial score (nSPS) is 24.8. The van der Waals surface area contributed by atoms with Crippen molar-refractivity contribution in [1.82, 2.24) is 15.1 Å². The van der Waals surface area contributed by atoms with E-state index >= 15 is 0 Å². The standard InChI is InChI=1S/C15H29N3O3/c1-5-17-6-7-20-13(11-17)8-16-12-9-18(10-12)14(19)21-15(2,3)4/h12-13,16H,5-11H2,1-4H3. The first-order valence-electron chi connectivity index (χ1n) is 7.92. The minimum Gasteiger partial charge on any atom is -0.444 e. The maximum absolute atomic E-state index is 11.8. The molecule has 0 radical (unpaired) electrons. The Morgan fingerprint density at radius 1 is 1.33 bits per heavy atom. The second-order valence-electron chi connectivity index (χ2n) is 6.88. The first-order valence-corrected chi connectivity index (χ1v) is 7.92. The molecule has 0 aromatic heterocycles. The summed E-state index contributed by atoms with van der Waals surface area (Å²) in [5.41, 5.74) is -0.421. The molecule has 6 heteroatoms. The summed E-state index contributed by atoms with van der Waals surface area (Å²) in [5.74, 6) is 0. The Hall–Kier alpha value is -0.850. The molecule has 1 N–H and O–H groups in total. The van der Waals surface area contributed by atoms with Crippen molar-refractivity contribution in [2.45, 2.75) is 45.4 Å². The van der Waals surface area contributed by atoms with Crippen LogP contribution in [0.25, 0.3) is 0 Å². The summed E-state index contributed by atoms with van der Waals surface area (Å²) in [6.45, 7) is 14.1. The minimum atomic E-state index is -0.421. The molecule has 2 rings (SSSR count). The number of morpholine rings is 1. The van der Waals surface area contributed by atoms with E-state index in [1.165, 1.54) is 0 Å². The summed E-state index contributed by atoms with van der Waals surface area (Å²) in [5, 5.41) is 3.48. The van der Waals surface area contributed by atoms with Gasteiger partial charge in [0.05, 0.1) is 12.7 Å². The zero-order valence-corrected chi connectivity index (χ0v) is 13.7. The molecule has 0 saturated carbocycles. The van der Waals surface area contributed by atoms with E-state index in [-0.39, 0.29) is 12.2 Å². The SMILES string of the molecule is CCN1CCOC(CNC2CN(C(=O)OC(C)(C)C)C2)C1. The van der Waals surface area contributed by atoms with E-state index < -0.39 is 5.60 Å². The van der Waals surface area contributed by atoms with Crippen molar-refractivity contribution in [3.63, 3.8) is 0 Å². The predicted molar refractivity (Wildman–Crippen MR) is 81.5 cm³/mol. The molecule has 0 spiro atoms. The van der Waals surface area contributed by atoms with Gasteiger partial charge in [-0.05, 0) is 27.3 Å². The van der Waals surface area contributed by atoms with Crippen LogP contribution in [0.2, 0.25) is 0 Å². The molecule has 0 aliphatic carbocycles. The highest BCUT2D eigenvalue weighted by atomic mass is 16.6. The second kappa shape index (κ2) is 6.94. The topological polar surface area (TPSA) is 54.0 Å². The molecule has 1 amide bonds. The van der Waals surface area contributed by atoms with Gasteiger partial charge in [0.25, 0.3) is 0 Å². The van der Waals surface area contributed by atoms with Crippen LogP contribution in [-0.4, -0.2) is 79.5 Å². The third-order valence-corrected chi connectivity index (χ3v) is 3.84. The lowest BCUT2D eigenvalue weighted by molar-refractivity contribution is -0.0310. The lowest BCUT2D eigenvalue weighted by Crippen LogP contribution is -2.62. The van der Waals surface area contributed by atoms with Crippen molar-refractivity contribution in [3.8, 4) is 0 Å². The summed E-state index contributed by atoms with van der Waals surface area (Å²) < 4.78 is 11.1. The molecule has 21 heavy (non-hydrogen) atoms. The average Bonchev–Trinajstić information content (AvgIpc) is 2.35. The highest BCUT2D eigenvalue weighted by molar-refractivity contribution is 5.69. The summed E-state index contributed by atoms with van der Waals surface area (Å²) in [4.78, 5) is 16.0. The third kappa shape index (κ3) is 5.13. The van der Waals surface area contributed by atoms with Gasteiger partial charge in [-0.3, -0.25) is 4.90 Å². The molecule has 2 heterocycles. The molecule has 2 aliphatic heterocycles. The van der Waals surface area contributed by atoms with Crippen LogP contribution in [0.4, 0.5) is 4.79 Å². The Labute approximate surface area is 127 Å². The zero-order valence-electron chi connectivity index (χ0n) is 13.7. The van der Waals surface area contributed by atoms with Crippen molar-refractivity contribution >= 4 is 6.09 Å². The van der Waals surface area contributed by atoms with Crippen molar-refractivity contribution < 1.29 is 14.3 Å². The predicted octanol–water partition coefficient (Wildman–Crippen LogP) is 0.916. The Balaban J connectivity index is 1.61. The van der Waals surface area contributed by atoms with Crippen LogP contribution in [0, 0.1) is 0 Å². The number of nitrogens with one attached hydrogen (secondary N) is 1. The molecule has 2 saturated heterocycles. The highest BCUT2D eigenvalue weighted by Crippen LogP contribution is 2.15. The molecule has 122 valence electrons. The number of carbonyl (C=O) groups excluding carboxylic acids is 1. The van der Waals surface area contributed by atoms with Crippen LogP contribution in [0.3, 0.4) is 0 Å². The summed E-state index contributed by atoms with van der Waals surface area (Å²) in [6.07, 6.45) is 0.0425. The lowest BCUT2D eigenvalue weighted by Gasteiger charge is -2.41. The van der Waals surface area contributed by atoms with Gasteiger partial charge >= 0.3 is 6.09 Å². The van der Waals surface area contributed by atoms with E-state index in [0.717, 1.165) is 45.9 Å². The van der Waals surface area contributed by atoms with Crippen molar-refractivity contribution in [2.24, 2.45) is 0 Å². The quantitative estimate of drug-likeness (QED) is 0.836. The van der Waals surface area contributed by atoms with E-state index in [0.29, 0.717) is 6.04 Å². The Morgan fingerprint density at radius 3 is 2.67 bits per heavy atom. The van der Waals surface area contributed by atoms with E-state index in [1.54, 1.807) is 4.90 Å². The first-order chi connectivity index (χ1) is 9.87. The molecule has 6 nitrogen and oxygen atoms in total. The van der Waals surface area contributed by atoms with Crippen LogP contribution in [0.5, 0.6) is 0 Å². The smallest absolute Gasteiger partial charge is 0.410 e. The van der Waals surface area contributed by atoms with E-state index in [4.69, 9.17) is 9.47 Å². The maximum Gasteiger partial charge on any atom is 0.410 e. The fraction of sp³-hybridized carbons (Fsp3) is 0.933. The minimum absolute atomic E-state index is 0.216. The van der Waals surface area contributed by atoms with Gasteiger partial charge in [-0.15, -0.1) is 0 Å². The number of likely N-dealkylation sites (tertiary alicyclic amines) is 1. The molecule has 1 atom stereocenters. The molecular formula is C15H29N3O3. The Kier molecular flexibility index (Phi) is 5.46. The lowest BCUT2D eigenvalue weighted by atomic mass is 10.1. The Morgan fingerprint density at radius 2 is 2.05 bits per heavy atom. The highest BCUT2D eigenvalue weighted by Gasteiger charge is 2.34. The van der Waals surface area contributed by atoms with Gasteiger partial charge in [0.2, 0.25) is 0 Å². The Bertz CT molecular complexity index is 351. The molecule has 2 aliphatic rings. The van der Waals surface area contributed by atoms with Gasteiger partial charge < -0.3 is 19.7 Å². The van der Waals surface area contributed by atoms with Crippen LogP contribution in [0.1, 0.15) is 27.7 Å². The molecule has 0 bridgehead atoms. The average molecular weight is 299 g/mol. The van der Waals surface area contributed by atoms with Gasteiger partial charge in [0, 0.05) is 38.8 Å². The molecule has 0 aromatic rings. The van der Waals surface area contributed by atoms with E-state index in [9.17, 15) is 4.79 Å². The molecule has 2 fully saturated rings. The number of nitrogens with zero attached hydrogens (tertiary/aromatic N) is 2. The van der Waals surface area contributed by atoms with Crippen molar-refractivity contribution in [2.75, 3.05) is 45.9 Å². The number of hydrogen-bond acceptors (Lipinski definition) is 5.